The molecule has 0 saturated heterocycles. The van der Waals surface area contributed by atoms with Crippen molar-refractivity contribution < 1.29 is 28.5 Å². The van der Waals surface area contributed by atoms with Crippen LogP contribution in [0.4, 0.5) is 0 Å². The maximum Gasteiger partial charge on any atom is 0.306 e. The van der Waals surface area contributed by atoms with Crippen LogP contribution in [0.5, 0.6) is 11.5 Å². The average molecular weight is 579 g/mol. The van der Waals surface area contributed by atoms with Crippen LogP contribution in [0.25, 0.3) is 11.1 Å². The van der Waals surface area contributed by atoms with Gasteiger partial charge >= 0.3 is 11.9 Å². The highest BCUT2D eigenvalue weighted by molar-refractivity contribution is 5.78. The molecule has 6 nitrogen and oxygen atoms in total. The van der Waals surface area contributed by atoms with Crippen LogP contribution in [0, 0.1) is 11.8 Å². The standard InChI is InChI=1S/C36H50O6/c1-3-39-35(37)21-17-27-15-19-33(41-25-29-11-7-5-8-12-29)31(23-27)32-24-28(18-22-36(38)40-4-2)16-20-34(32)42-26-30-13-9-6-10-14-30/h15-16,19-20,23-24,29-30H,3-14,17-18,21-22,25-26H2,1-2H3. The second kappa shape index (κ2) is 17.2. The van der Waals surface area contributed by atoms with E-state index in [1.165, 1.54) is 64.2 Å². The van der Waals surface area contributed by atoms with Crippen molar-refractivity contribution in [2.75, 3.05) is 26.4 Å². The van der Waals surface area contributed by atoms with E-state index in [1.54, 1.807) is 0 Å². The maximum atomic E-state index is 12.1. The van der Waals surface area contributed by atoms with Crippen LogP contribution in [0.15, 0.2) is 36.4 Å². The van der Waals surface area contributed by atoms with E-state index in [4.69, 9.17) is 18.9 Å². The van der Waals surface area contributed by atoms with E-state index in [0.29, 0.717) is 63.9 Å². The lowest BCUT2D eigenvalue weighted by Crippen LogP contribution is -2.16. The molecule has 42 heavy (non-hydrogen) atoms. The maximum absolute atomic E-state index is 12.1. The molecule has 0 aliphatic heterocycles. The number of rotatable bonds is 15. The van der Waals surface area contributed by atoms with Gasteiger partial charge in [0.15, 0.2) is 0 Å². The zero-order chi connectivity index (χ0) is 29.6. The Balaban J connectivity index is 1.64. The first-order valence-corrected chi connectivity index (χ1v) is 16.4. The summed E-state index contributed by atoms with van der Waals surface area (Å²) in [6.07, 6.45) is 14.4. The zero-order valence-electron chi connectivity index (χ0n) is 25.8. The van der Waals surface area contributed by atoms with Crippen LogP contribution in [0.3, 0.4) is 0 Å². The highest BCUT2D eigenvalue weighted by Crippen LogP contribution is 2.40. The molecule has 0 aromatic heterocycles. The SMILES string of the molecule is CCOC(=O)CCc1ccc(OCC2CCCCC2)c(-c2cc(CCC(=O)OCC)ccc2OCC2CCCCC2)c1. The topological polar surface area (TPSA) is 71.1 Å². The summed E-state index contributed by atoms with van der Waals surface area (Å²) >= 11 is 0. The van der Waals surface area contributed by atoms with Crippen molar-refractivity contribution in [3.8, 4) is 22.6 Å². The van der Waals surface area contributed by atoms with E-state index < -0.39 is 0 Å². The summed E-state index contributed by atoms with van der Waals surface area (Å²) in [5, 5.41) is 0. The monoisotopic (exact) mass is 578 g/mol. The van der Waals surface area contributed by atoms with Crippen LogP contribution in [0.2, 0.25) is 0 Å². The molecule has 0 atom stereocenters. The van der Waals surface area contributed by atoms with Gasteiger partial charge in [0, 0.05) is 24.0 Å². The van der Waals surface area contributed by atoms with Gasteiger partial charge < -0.3 is 18.9 Å². The van der Waals surface area contributed by atoms with Gasteiger partial charge in [-0.2, -0.15) is 0 Å². The molecule has 2 aromatic carbocycles. The fraction of sp³-hybridized carbons (Fsp3) is 0.611. The lowest BCUT2D eigenvalue weighted by molar-refractivity contribution is -0.144. The van der Waals surface area contributed by atoms with Gasteiger partial charge in [0.2, 0.25) is 0 Å². The molecule has 0 unspecified atom stereocenters. The van der Waals surface area contributed by atoms with Crippen molar-refractivity contribution in [1.82, 2.24) is 0 Å². The van der Waals surface area contributed by atoms with Crippen LogP contribution in [0.1, 0.15) is 102 Å². The highest BCUT2D eigenvalue weighted by Gasteiger charge is 2.20. The first-order chi connectivity index (χ1) is 20.6. The predicted octanol–water partition coefficient (Wildman–Crippen LogP) is 8.26. The minimum atomic E-state index is -0.186. The molecule has 0 radical (unpaired) electrons. The fourth-order valence-electron chi connectivity index (χ4n) is 6.22. The molecule has 2 saturated carbocycles. The summed E-state index contributed by atoms with van der Waals surface area (Å²) < 4.78 is 23.4. The van der Waals surface area contributed by atoms with E-state index >= 15 is 0 Å². The van der Waals surface area contributed by atoms with Gasteiger partial charge in [0.25, 0.3) is 0 Å². The lowest BCUT2D eigenvalue weighted by Gasteiger charge is -2.24. The van der Waals surface area contributed by atoms with Crippen LogP contribution >= 0.6 is 0 Å². The highest BCUT2D eigenvalue weighted by atomic mass is 16.5. The third-order valence-corrected chi connectivity index (χ3v) is 8.62. The Hall–Kier alpha value is -3.02. The first kappa shape index (κ1) is 31.9. The van der Waals surface area contributed by atoms with Gasteiger partial charge in [0.05, 0.1) is 26.4 Å². The molecule has 2 aliphatic rings. The summed E-state index contributed by atoms with van der Waals surface area (Å²) in [7, 11) is 0. The van der Waals surface area contributed by atoms with E-state index in [-0.39, 0.29) is 11.9 Å². The molecule has 2 aliphatic carbocycles. The smallest absolute Gasteiger partial charge is 0.306 e. The van der Waals surface area contributed by atoms with Crippen molar-refractivity contribution in [3.63, 3.8) is 0 Å². The molecule has 0 amide bonds. The van der Waals surface area contributed by atoms with Crippen molar-refractivity contribution in [3.05, 3.63) is 47.5 Å². The Morgan fingerprint density at radius 2 is 1.02 bits per heavy atom. The Morgan fingerprint density at radius 3 is 1.40 bits per heavy atom. The number of carbonyl (C=O) groups is 2. The number of esters is 2. The van der Waals surface area contributed by atoms with Crippen molar-refractivity contribution in [2.24, 2.45) is 11.8 Å². The summed E-state index contributed by atoms with van der Waals surface area (Å²) in [4.78, 5) is 24.2. The molecule has 0 heterocycles. The Morgan fingerprint density at radius 1 is 0.619 bits per heavy atom. The van der Waals surface area contributed by atoms with Crippen molar-refractivity contribution >= 4 is 11.9 Å². The van der Waals surface area contributed by atoms with Crippen LogP contribution in [-0.2, 0) is 31.9 Å². The van der Waals surface area contributed by atoms with E-state index in [0.717, 1.165) is 33.8 Å². The van der Waals surface area contributed by atoms with E-state index in [2.05, 4.69) is 36.4 Å². The Labute approximate surface area is 252 Å². The largest absolute Gasteiger partial charge is 0.493 e. The number of aryl methyl sites for hydroxylation is 2. The third kappa shape index (κ3) is 10.1. The third-order valence-electron chi connectivity index (χ3n) is 8.62. The minimum Gasteiger partial charge on any atom is -0.493 e. The van der Waals surface area contributed by atoms with Gasteiger partial charge in [-0.3, -0.25) is 9.59 Å². The second-order valence-corrected chi connectivity index (χ2v) is 11.9. The normalized spacial score (nSPS) is 16.1. The molecule has 0 bridgehead atoms. The fourth-order valence-corrected chi connectivity index (χ4v) is 6.22. The second-order valence-electron chi connectivity index (χ2n) is 11.9. The summed E-state index contributed by atoms with van der Waals surface area (Å²) in [6.45, 7) is 5.85. The van der Waals surface area contributed by atoms with Gasteiger partial charge in [-0.15, -0.1) is 0 Å². The van der Waals surface area contributed by atoms with Crippen molar-refractivity contribution in [2.45, 2.75) is 104 Å². The van der Waals surface area contributed by atoms with E-state index in [1.807, 2.05) is 13.8 Å². The summed E-state index contributed by atoms with van der Waals surface area (Å²) in [5.74, 6) is 2.46. The average Bonchev–Trinajstić information content (AvgIpc) is 3.02. The number of hydrogen-bond donors (Lipinski definition) is 0. The molecule has 2 fully saturated rings. The Kier molecular flexibility index (Phi) is 13.1. The van der Waals surface area contributed by atoms with E-state index in [9.17, 15) is 9.59 Å². The molecule has 2 aromatic rings. The molecular formula is C36H50O6. The number of hydrogen-bond acceptors (Lipinski definition) is 6. The minimum absolute atomic E-state index is 0.186. The van der Waals surface area contributed by atoms with Gasteiger partial charge in [0.1, 0.15) is 11.5 Å². The lowest BCUT2D eigenvalue weighted by atomic mass is 9.90. The predicted molar refractivity (Wildman–Crippen MR) is 166 cm³/mol. The summed E-state index contributed by atoms with van der Waals surface area (Å²) in [5.41, 5.74) is 4.06. The molecule has 6 heteroatoms. The molecular weight excluding hydrogens is 528 g/mol. The quantitative estimate of drug-likeness (QED) is 0.198. The Bertz CT molecular complexity index is 1040. The van der Waals surface area contributed by atoms with Crippen LogP contribution < -0.4 is 9.47 Å². The molecule has 0 spiro atoms. The molecule has 4 rings (SSSR count). The van der Waals surface area contributed by atoms with Gasteiger partial charge in [-0.1, -0.05) is 50.7 Å². The number of benzene rings is 2. The molecule has 0 N–H and O–H groups in total. The van der Waals surface area contributed by atoms with Gasteiger partial charge in [-0.05, 0) is 99.6 Å². The van der Waals surface area contributed by atoms with Crippen molar-refractivity contribution in [1.29, 1.82) is 0 Å². The van der Waals surface area contributed by atoms with Crippen LogP contribution in [-0.4, -0.2) is 38.4 Å². The number of carbonyl (C=O) groups excluding carboxylic acids is 2. The molecule has 230 valence electrons. The number of ether oxygens (including phenoxy) is 4. The zero-order valence-corrected chi connectivity index (χ0v) is 25.8. The summed E-state index contributed by atoms with van der Waals surface area (Å²) in [6, 6.07) is 12.5. The first-order valence-electron chi connectivity index (χ1n) is 16.4. The van der Waals surface area contributed by atoms with Gasteiger partial charge in [-0.25, -0.2) is 0 Å².